The van der Waals surface area contributed by atoms with Crippen molar-refractivity contribution in [2.24, 2.45) is 0 Å². The van der Waals surface area contributed by atoms with Gasteiger partial charge < -0.3 is 10.2 Å². The van der Waals surface area contributed by atoms with Crippen molar-refractivity contribution in [2.75, 3.05) is 29.6 Å². The molecule has 6 nitrogen and oxygen atoms in total. The number of nitrogens with one attached hydrogen (secondary N) is 2. The molecular formula is C13H14N4O2S. The number of carbonyl (C=O) groups is 2. The van der Waals surface area contributed by atoms with Gasteiger partial charge in [0.15, 0.2) is 5.13 Å². The Hall–Kier alpha value is -2.41. The summed E-state index contributed by atoms with van der Waals surface area (Å²) < 4.78 is 0. The number of nitrogens with zero attached hydrogens (tertiary/aromatic N) is 2. The highest BCUT2D eigenvalue weighted by Crippen LogP contribution is 2.16. The van der Waals surface area contributed by atoms with Crippen LogP contribution in [0, 0.1) is 0 Å². The van der Waals surface area contributed by atoms with Crippen LogP contribution in [0.15, 0.2) is 35.8 Å². The number of amides is 2. The normalized spacial score (nSPS) is 9.90. The SMILES string of the molecule is CN(C)c1ccc(NC(=O)C(=O)Nc2nccs2)cc1. The molecule has 0 aliphatic heterocycles. The Kier molecular flexibility index (Phi) is 4.31. The fraction of sp³-hybridized carbons (Fsp3) is 0.154. The Labute approximate surface area is 120 Å². The van der Waals surface area contributed by atoms with Crippen molar-refractivity contribution in [3.8, 4) is 0 Å². The van der Waals surface area contributed by atoms with E-state index < -0.39 is 11.8 Å². The lowest BCUT2D eigenvalue weighted by atomic mass is 10.2. The van der Waals surface area contributed by atoms with Crippen LogP contribution in [0.2, 0.25) is 0 Å². The van der Waals surface area contributed by atoms with Gasteiger partial charge in [0.2, 0.25) is 0 Å². The minimum Gasteiger partial charge on any atom is -0.378 e. The van der Waals surface area contributed by atoms with E-state index in [1.165, 1.54) is 11.3 Å². The molecule has 0 aliphatic carbocycles. The van der Waals surface area contributed by atoms with Gasteiger partial charge in [0.1, 0.15) is 0 Å². The van der Waals surface area contributed by atoms with Gasteiger partial charge in [0.25, 0.3) is 0 Å². The molecule has 2 N–H and O–H groups in total. The van der Waals surface area contributed by atoms with Gasteiger partial charge in [-0.2, -0.15) is 0 Å². The standard InChI is InChI=1S/C13H14N4O2S/c1-17(2)10-5-3-9(4-6-10)15-11(18)12(19)16-13-14-7-8-20-13/h3-8H,1-2H3,(H,15,18)(H,14,16,19). The molecule has 2 amide bonds. The topological polar surface area (TPSA) is 74.3 Å². The summed E-state index contributed by atoms with van der Waals surface area (Å²) >= 11 is 1.25. The minimum absolute atomic E-state index is 0.396. The maximum absolute atomic E-state index is 11.7. The van der Waals surface area contributed by atoms with E-state index in [1.54, 1.807) is 23.7 Å². The van der Waals surface area contributed by atoms with Crippen molar-refractivity contribution in [1.29, 1.82) is 0 Å². The predicted molar refractivity (Wildman–Crippen MR) is 80.1 cm³/mol. The average molecular weight is 290 g/mol. The maximum atomic E-state index is 11.7. The van der Waals surface area contributed by atoms with Crippen molar-refractivity contribution in [1.82, 2.24) is 4.98 Å². The molecule has 1 aromatic heterocycles. The predicted octanol–water partition coefficient (Wildman–Crippen LogP) is 1.79. The maximum Gasteiger partial charge on any atom is 0.315 e. The van der Waals surface area contributed by atoms with E-state index in [1.807, 2.05) is 31.1 Å². The number of aromatic nitrogens is 1. The third-order valence-electron chi connectivity index (χ3n) is 2.50. The number of thiazole rings is 1. The second-order valence-electron chi connectivity index (χ2n) is 4.19. The van der Waals surface area contributed by atoms with Crippen LogP contribution in [0.1, 0.15) is 0 Å². The van der Waals surface area contributed by atoms with Gasteiger partial charge in [-0.1, -0.05) is 0 Å². The van der Waals surface area contributed by atoms with Gasteiger partial charge >= 0.3 is 11.8 Å². The lowest BCUT2D eigenvalue weighted by Gasteiger charge is -2.12. The third kappa shape index (κ3) is 3.55. The summed E-state index contributed by atoms with van der Waals surface area (Å²) in [4.78, 5) is 29.1. The summed E-state index contributed by atoms with van der Waals surface area (Å²) in [5, 5.41) is 7.06. The first-order valence-electron chi connectivity index (χ1n) is 5.85. The van der Waals surface area contributed by atoms with E-state index in [4.69, 9.17) is 0 Å². The molecule has 1 aromatic carbocycles. The van der Waals surface area contributed by atoms with Crippen LogP contribution in [0.4, 0.5) is 16.5 Å². The molecule has 2 rings (SSSR count). The van der Waals surface area contributed by atoms with Crippen LogP contribution in [-0.2, 0) is 9.59 Å². The van der Waals surface area contributed by atoms with Crippen LogP contribution in [-0.4, -0.2) is 30.9 Å². The first-order valence-corrected chi connectivity index (χ1v) is 6.73. The summed E-state index contributed by atoms with van der Waals surface area (Å²) in [5.74, 6) is -1.46. The van der Waals surface area contributed by atoms with Gasteiger partial charge in [-0.15, -0.1) is 11.3 Å². The summed E-state index contributed by atoms with van der Waals surface area (Å²) in [7, 11) is 3.85. The highest BCUT2D eigenvalue weighted by Gasteiger charge is 2.14. The van der Waals surface area contributed by atoms with Crippen molar-refractivity contribution in [3.05, 3.63) is 35.8 Å². The zero-order valence-electron chi connectivity index (χ0n) is 11.1. The van der Waals surface area contributed by atoms with Crippen molar-refractivity contribution >= 4 is 39.7 Å². The number of benzene rings is 1. The molecule has 0 aliphatic rings. The lowest BCUT2D eigenvalue weighted by Crippen LogP contribution is -2.29. The Balaban J connectivity index is 1.95. The number of anilines is 3. The first-order chi connectivity index (χ1) is 9.56. The van der Waals surface area contributed by atoms with Crippen molar-refractivity contribution < 1.29 is 9.59 Å². The van der Waals surface area contributed by atoms with E-state index in [2.05, 4.69) is 15.6 Å². The summed E-state index contributed by atoms with van der Waals surface area (Å²) in [5.41, 5.74) is 1.57. The highest BCUT2D eigenvalue weighted by molar-refractivity contribution is 7.13. The monoisotopic (exact) mass is 290 g/mol. The molecule has 20 heavy (non-hydrogen) atoms. The molecule has 7 heteroatoms. The molecule has 0 saturated heterocycles. The van der Waals surface area contributed by atoms with Crippen molar-refractivity contribution in [2.45, 2.75) is 0 Å². The first kappa shape index (κ1) is 14.0. The van der Waals surface area contributed by atoms with E-state index >= 15 is 0 Å². The van der Waals surface area contributed by atoms with E-state index in [9.17, 15) is 9.59 Å². The molecule has 1 heterocycles. The second-order valence-corrected chi connectivity index (χ2v) is 5.08. The minimum atomic E-state index is -0.739. The van der Waals surface area contributed by atoms with E-state index in [0.717, 1.165) is 5.69 Å². The quantitative estimate of drug-likeness (QED) is 0.845. The second kappa shape index (κ2) is 6.16. The molecule has 0 saturated carbocycles. The Morgan fingerprint density at radius 3 is 2.30 bits per heavy atom. The van der Waals surface area contributed by atoms with Crippen LogP contribution >= 0.6 is 11.3 Å². The molecule has 0 fully saturated rings. The molecule has 0 radical (unpaired) electrons. The van der Waals surface area contributed by atoms with Crippen LogP contribution < -0.4 is 15.5 Å². The molecule has 0 bridgehead atoms. The van der Waals surface area contributed by atoms with Gasteiger partial charge in [0, 0.05) is 37.0 Å². The van der Waals surface area contributed by atoms with Crippen molar-refractivity contribution in [3.63, 3.8) is 0 Å². The Morgan fingerprint density at radius 1 is 1.10 bits per heavy atom. The van der Waals surface area contributed by atoms with Gasteiger partial charge in [0.05, 0.1) is 0 Å². The number of hydrogen-bond donors (Lipinski definition) is 2. The number of rotatable bonds is 3. The smallest absolute Gasteiger partial charge is 0.315 e. The largest absolute Gasteiger partial charge is 0.378 e. The van der Waals surface area contributed by atoms with Crippen LogP contribution in [0.3, 0.4) is 0 Å². The zero-order valence-corrected chi connectivity index (χ0v) is 11.9. The van der Waals surface area contributed by atoms with Crippen LogP contribution in [0.5, 0.6) is 0 Å². The Morgan fingerprint density at radius 2 is 1.75 bits per heavy atom. The van der Waals surface area contributed by atoms with Gasteiger partial charge in [-0.25, -0.2) is 4.98 Å². The molecule has 0 atom stereocenters. The summed E-state index contributed by atoms with van der Waals surface area (Å²) in [6.45, 7) is 0. The highest BCUT2D eigenvalue weighted by atomic mass is 32.1. The van der Waals surface area contributed by atoms with E-state index in [0.29, 0.717) is 10.8 Å². The molecular weight excluding hydrogens is 276 g/mol. The summed E-state index contributed by atoms with van der Waals surface area (Å²) in [6.07, 6.45) is 1.55. The fourth-order valence-corrected chi connectivity index (χ4v) is 1.99. The third-order valence-corrected chi connectivity index (χ3v) is 3.19. The number of carbonyl (C=O) groups excluding carboxylic acids is 2. The van der Waals surface area contributed by atoms with Gasteiger partial charge in [-0.05, 0) is 24.3 Å². The molecule has 104 valence electrons. The van der Waals surface area contributed by atoms with E-state index in [-0.39, 0.29) is 0 Å². The molecule has 2 aromatic rings. The zero-order chi connectivity index (χ0) is 14.5. The molecule has 0 spiro atoms. The fourth-order valence-electron chi connectivity index (χ4n) is 1.47. The lowest BCUT2D eigenvalue weighted by molar-refractivity contribution is -0.132. The Bertz CT molecular complexity index is 593. The van der Waals surface area contributed by atoms with Gasteiger partial charge in [-0.3, -0.25) is 14.9 Å². The molecule has 0 unspecified atom stereocenters. The van der Waals surface area contributed by atoms with Crippen LogP contribution in [0.25, 0.3) is 0 Å². The number of hydrogen-bond acceptors (Lipinski definition) is 5. The average Bonchev–Trinajstić information content (AvgIpc) is 2.92. The summed E-state index contributed by atoms with van der Waals surface area (Å²) in [6, 6.07) is 7.19.